The van der Waals surface area contributed by atoms with Gasteiger partial charge < -0.3 is 0 Å². The zero-order valence-corrected chi connectivity index (χ0v) is 9.45. The van der Waals surface area contributed by atoms with Gasteiger partial charge in [-0.3, -0.25) is 14.9 Å². The van der Waals surface area contributed by atoms with Gasteiger partial charge in [-0.25, -0.2) is 0 Å². The van der Waals surface area contributed by atoms with E-state index < -0.39 is 4.92 Å². The average molecular weight is 240 g/mol. The van der Waals surface area contributed by atoms with Gasteiger partial charge in [0.25, 0.3) is 5.69 Å². The normalized spacial score (nSPS) is 10.0. The Morgan fingerprint density at radius 1 is 1.00 bits per heavy atom. The molecule has 0 amide bonds. The molecule has 0 spiro atoms. The average Bonchev–Trinajstić information content (AvgIpc) is 2.40. The predicted octanol–water partition coefficient (Wildman–Crippen LogP) is 3.03. The maximum atomic E-state index is 11.9. The molecule has 2 rings (SSSR count). The summed E-state index contributed by atoms with van der Waals surface area (Å²) < 4.78 is 0. The van der Waals surface area contributed by atoms with Crippen LogP contribution in [0.1, 0.15) is 15.9 Å². The van der Waals surface area contributed by atoms with E-state index in [0.717, 1.165) is 0 Å². The van der Waals surface area contributed by atoms with Crippen molar-refractivity contribution in [2.24, 2.45) is 0 Å². The Hall–Kier alpha value is -2.49. The second-order valence-electron chi connectivity index (χ2n) is 3.69. The van der Waals surface area contributed by atoms with Crippen LogP contribution in [0, 0.1) is 16.5 Å². The zero-order valence-electron chi connectivity index (χ0n) is 9.45. The van der Waals surface area contributed by atoms with Gasteiger partial charge in [-0.15, -0.1) is 0 Å². The molecule has 0 bridgehead atoms. The van der Waals surface area contributed by atoms with Crippen molar-refractivity contribution in [3.8, 4) is 0 Å². The largest absolute Gasteiger partial charge is 0.293 e. The summed E-state index contributed by atoms with van der Waals surface area (Å²) in [5.41, 5.74) is 0.758. The molecule has 0 saturated carbocycles. The lowest BCUT2D eigenvalue weighted by atomic mass is 10.0. The first kappa shape index (κ1) is 12.0. The number of benzene rings is 2. The maximum absolute atomic E-state index is 11.9. The van der Waals surface area contributed by atoms with Crippen LogP contribution in [0.5, 0.6) is 0 Å². The van der Waals surface area contributed by atoms with Crippen LogP contribution in [0.4, 0.5) is 5.69 Å². The molecule has 2 aromatic carbocycles. The van der Waals surface area contributed by atoms with Gasteiger partial charge in [-0.2, -0.15) is 0 Å². The number of carbonyl (C=O) groups excluding carboxylic acids is 1. The first-order valence-electron chi connectivity index (χ1n) is 5.36. The molecule has 0 aliphatic carbocycles. The highest BCUT2D eigenvalue weighted by Crippen LogP contribution is 2.20. The summed E-state index contributed by atoms with van der Waals surface area (Å²) in [7, 11) is 0. The topological polar surface area (TPSA) is 60.2 Å². The molecule has 0 saturated heterocycles. The molecule has 89 valence electrons. The highest BCUT2D eigenvalue weighted by molar-refractivity contribution is 6.05. The Balaban J connectivity index is 2.25. The van der Waals surface area contributed by atoms with Crippen molar-refractivity contribution < 1.29 is 9.72 Å². The molecule has 0 fully saturated rings. The summed E-state index contributed by atoms with van der Waals surface area (Å²) in [5, 5.41) is 10.8. The highest BCUT2D eigenvalue weighted by Gasteiger charge is 2.16. The van der Waals surface area contributed by atoms with Crippen molar-refractivity contribution >= 4 is 11.5 Å². The lowest BCUT2D eigenvalue weighted by Crippen LogP contribution is -2.03. The Kier molecular flexibility index (Phi) is 3.48. The molecule has 0 N–H and O–H groups in total. The molecule has 0 atom stereocenters. The van der Waals surface area contributed by atoms with Crippen LogP contribution in [0.3, 0.4) is 0 Å². The number of nitrogens with zero attached hydrogens (tertiary/aromatic N) is 1. The molecule has 0 heterocycles. The SMILES string of the molecule is O=C([CH]c1ccccc1[N+](=O)[O-])c1ccccc1. The number of hydrogen-bond donors (Lipinski definition) is 0. The van der Waals surface area contributed by atoms with E-state index in [1.807, 2.05) is 6.07 Å². The number of nitro benzene ring substituents is 1. The fourth-order valence-corrected chi connectivity index (χ4v) is 1.60. The van der Waals surface area contributed by atoms with Gasteiger partial charge in [0.1, 0.15) is 0 Å². The molecule has 0 aliphatic heterocycles. The molecule has 0 unspecified atom stereocenters. The van der Waals surface area contributed by atoms with E-state index in [1.54, 1.807) is 42.5 Å². The van der Waals surface area contributed by atoms with Crippen molar-refractivity contribution in [1.82, 2.24) is 0 Å². The van der Waals surface area contributed by atoms with Gasteiger partial charge in [0.15, 0.2) is 5.78 Å². The third-order valence-electron chi connectivity index (χ3n) is 2.48. The fourth-order valence-electron chi connectivity index (χ4n) is 1.60. The van der Waals surface area contributed by atoms with Crippen molar-refractivity contribution in [1.29, 1.82) is 0 Å². The summed E-state index contributed by atoms with van der Waals surface area (Å²) in [6.07, 6.45) is 1.29. The van der Waals surface area contributed by atoms with E-state index in [-0.39, 0.29) is 11.5 Å². The standard InChI is InChI=1S/C14H10NO3/c16-14(11-6-2-1-3-7-11)10-12-8-4-5-9-13(12)15(17)18/h1-10H. The summed E-state index contributed by atoms with van der Waals surface area (Å²) in [4.78, 5) is 22.2. The second-order valence-corrected chi connectivity index (χ2v) is 3.69. The van der Waals surface area contributed by atoms with E-state index in [4.69, 9.17) is 0 Å². The Morgan fingerprint density at radius 2 is 1.61 bits per heavy atom. The molecular weight excluding hydrogens is 230 g/mol. The third kappa shape index (κ3) is 2.60. The van der Waals surface area contributed by atoms with Crippen molar-refractivity contribution in [2.75, 3.05) is 0 Å². The van der Waals surface area contributed by atoms with E-state index >= 15 is 0 Å². The smallest absolute Gasteiger partial charge is 0.273 e. The quantitative estimate of drug-likeness (QED) is 0.469. The Bertz CT molecular complexity index is 579. The van der Waals surface area contributed by atoms with Crippen LogP contribution in [0.15, 0.2) is 54.6 Å². The van der Waals surface area contributed by atoms with Crippen molar-refractivity contribution in [3.63, 3.8) is 0 Å². The number of Topliss-reactive ketones (excluding diaryl/α,β-unsaturated/α-hetero) is 1. The van der Waals surface area contributed by atoms with Gasteiger partial charge in [0.05, 0.1) is 11.3 Å². The number of hydrogen-bond acceptors (Lipinski definition) is 3. The van der Waals surface area contributed by atoms with Crippen LogP contribution in [0.2, 0.25) is 0 Å². The van der Waals surface area contributed by atoms with Gasteiger partial charge in [0, 0.05) is 17.2 Å². The van der Waals surface area contributed by atoms with Crippen LogP contribution >= 0.6 is 0 Å². The third-order valence-corrected chi connectivity index (χ3v) is 2.48. The van der Waals surface area contributed by atoms with Crippen molar-refractivity contribution in [3.05, 3.63) is 82.3 Å². The lowest BCUT2D eigenvalue weighted by molar-refractivity contribution is -0.385. The minimum absolute atomic E-state index is 0.0678. The Labute approximate surface area is 104 Å². The summed E-state index contributed by atoms with van der Waals surface area (Å²) in [6.45, 7) is 0. The summed E-state index contributed by atoms with van der Waals surface area (Å²) in [6, 6.07) is 14.8. The number of carbonyl (C=O) groups is 1. The minimum atomic E-state index is -0.496. The first-order chi connectivity index (χ1) is 8.68. The van der Waals surface area contributed by atoms with Gasteiger partial charge >= 0.3 is 0 Å². The number of rotatable bonds is 4. The predicted molar refractivity (Wildman–Crippen MR) is 67.3 cm³/mol. The van der Waals surface area contributed by atoms with E-state index in [1.165, 1.54) is 12.5 Å². The van der Waals surface area contributed by atoms with Gasteiger partial charge in [-0.05, 0) is 0 Å². The Morgan fingerprint density at radius 3 is 2.28 bits per heavy atom. The summed E-state index contributed by atoms with van der Waals surface area (Å²) in [5.74, 6) is -0.245. The van der Waals surface area contributed by atoms with Gasteiger partial charge in [-0.1, -0.05) is 48.5 Å². The minimum Gasteiger partial charge on any atom is -0.293 e. The molecular formula is C14H10NO3. The zero-order chi connectivity index (χ0) is 13.0. The lowest BCUT2D eigenvalue weighted by Gasteiger charge is -2.02. The van der Waals surface area contributed by atoms with Crippen LogP contribution in [-0.2, 0) is 0 Å². The molecule has 0 aliphatic rings. The van der Waals surface area contributed by atoms with Crippen molar-refractivity contribution in [2.45, 2.75) is 0 Å². The number of para-hydroxylation sites is 1. The first-order valence-corrected chi connectivity index (χ1v) is 5.36. The van der Waals surface area contributed by atoms with Crippen LogP contribution < -0.4 is 0 Å². The second kappa shape index (κ2) is 5.23. The monoisotopic (exact) mass is 240 g/mol. The molecule has 18 heavy (non-hydrogen) atoms. The molecule has 4 nitrogen and oxygen atoms in total. The number of nitro groups is 1. The molecule has 1 radical (unpaired) electrons. The molecule has 2 aromatic rings. The fraction of sp³-hybridized carbons (Fsp3) is 0. The van der Waals surface area contributed by atoms with Crippen LogP contribution in [-0.4, -0.2) is 10.7 Å². The molecule has 4 heteroatoms. The maximum Gasteiger partial charge on any atom is 0.273 e. The van der Waals surface area contributed by atoms with E-state index in [9.17, 15) is 14.9 Å². The van der Waals surface area contributed by atoms with E-state index in [2.05, 4.69) is 0 Å². The van der Waals surface area contributed by atoms with Gasteiger partial charge in [0.2, 0.25) is 0 Å². The number of ketones is 1. The van der Waals surface area contributed by atoms with Crippen LogP contribution in [0.25, 0.3) is 0 Å². The highest BCUT2D eigenvalue weighted by atomic mass is 16.6. The summed E-state index contributed by atoms with van der Waals surface area (Å²) >= 11 is 0. The molecule has 0 aromatic heterocycles. The van der Waals surface area contributed by atoms with E-state index in [0.29, 0.717) is 11.1 Å².